The number of phenols is 2. The molecule has 104 valence electrons. The SMILES string of the molecule is CCCN1CCC[C@H]2c3cc(O)c(O)cc3OC[C@@H]21. The molecule has 1 aromatic rings. The van der Waals surface area contributed by atoms with Gasteiger partial charge < -0.3 is 14.9 Å². The van der Waals surface area contributed by atoms with E-state index in [9.17, 15) is 10.2 Å². The molecule has 0 bridgehead atoms. The van der Waals surface area contributed by atoms with Gasteiger partial charge in [-0.1, -0.05) is 6.92 Å². The molecule has 2 N–H and O–H groups in total. The molecule has 0 aromatic heterocycles. The Morgan fingerprint density at radius 2 is 2.11 bits per heavy atom. The second-order valence-electron chi connectivity index (χ2n) is 5.54. The second-order valence-corrected chi connectivity index (χ2v) is 5.54. The standard InChI is InChI=1S/C15H21NO3/c1-2-5-16-6-3-4-10-11-7-13(17)14(18)8-15(11)19-9-12(10)16/h7-8,10,12,17-18H,2-6,9H2,1H3/t10-,12-/m0/s1. The average Bonchev–Trinajstić information content (AvgIpc) is 2.41. The molecule has 0 unspecified atom stereocenters. The maximum atomic E-state index is 9.72. The molecule has 0 radical (unpaired) electrons. The molecular formula is C15H21NO3. The van der Waals surface area contributed by atoms with Crippen molar-refractivity contribution in [3.8, 4) is 17.2 Å². The molecule has 1 saturated heterocycles. The lowest BCUT2D eigenvalue weighted by atomic mass is 9.81. The number of ether oxygens (including phenoxy) is 1. The normalized spacial score (nSPS) is 26.4. The number of rotatable bonds is 2. The van der Waals surface area contributed by atoms with Gasteiger partial charge in [-0.15, -0.1) is 0 Å². The summed E-state index contributed by atoms with van der Waals surface area (Å²) in [4.78, 5) is 2.50. The van der Waals surface area contributed by atoms with Crippen LogP contribution in [0.25, 0.3) is 0 Å². The molecule has 2 heterocycles. The quantitative estimate of drug-likeness (QED) is 0.805. The van der Waals surface area contributed by atoms with Crippen LogP contribution in [0.15, 0.2) is 12.1 Å². The maximum Gasteiger partial charge on any atom is 0.161 e. The number of hydrogen-bond acceptors (Lipinski definition) is 4. The number of aromatic hydroxyl groups is 2. The highest BCUT2D eigenvalue weighted by Gasteiger charge is 2.37. The van der Waals surface area contributed by atoms with E-state index in [1.807, 2.05) is 0 Å². The summed E-state index contributed by atoms with van der Waals surface area (Å²) in [6.07, 6.45) is 3.46. The third-order valence-electron chi connectivity index (χ3n) is 4.32. The Bertz CT molecular complexity index is 473. The van der Waals surface area contributed by atoms with Gasteiger partial charge in [-0.3, -0.25) is 4.90 Å². The fourth-order valence-corrected chi connectivity index (χ4v) is 3.44. The van der Waals surface area contributed by atoms with Gasteiger partial charge in [0.05, 0.1) is 6.04 Å². The number of phenolic OH excluding ortho intramolecular Hbond substituents is 2. The number of likely N-dealkylation sites (tertiary alicyclic amines) is 1. The first-order chi connectivity index (χ1) is 9.20. The third kappa shape index (κ3) is 2.14. The number of benzene rings is 1. The fourth-order valence-electron chi connectivity index (χ4n) is 3.44. The van der Waals surface area contributed by atoms with Gasteiger partial charge in [0.2, 0.25) is 0 Å². The van der Waals surface area contributed by atoms with Gasteiger partial charge in [0.25, 0.3) is 0 Å². The topological polar surface area (TPSA) is 52.9 Å². The first-order valence-electron chi connectivity index (χ1n) is 7.13. The van der Waals surface area contributed by atoms with Gasteiger partial charge in [0, 0.05) is 17.5 Å². The highest BCUT2D eigenvalue weighted by molar-refractivity contribution is 5.52. The van der Waals surface area contributed by atoms with Crippen molar-refractivity contribution in [1.29, 1.82) is 0 Å². The summed E-state index contributed by atoms with van der Waals surface area (Å²) in [5.41, 5.74) is 1.05. The number of hydrogen-bond donors (Lipinski definition) is 2. The monoisotopic (exact) mass is 263 g/mol. The molecule has 2 atom stereocenters. The van der Waals surface area contributed by atoms with Crippen LogP contribution in [-0.2, 0) is 0 Å². The lowest BCUT2D eigenvalue weighted by Gasteiger charge is -2.44. The zero-order valence-corrected chi connectivity index (χ0v) is 11.3. The molecule has 3 rings (SSSR count). The highest BCUT2D eigenvalue weighted by atomic mass is 16.5. The van der Waals surface area contributed by atoms with Crippen molar-refractivity contribution in [2.24, 2.45) is 0 Å². The summed E-state index contributed by atoms with van der Waals surface area (Å²) in [6.45, 7) is 5.12. The summed E-state index contributed by atoms with van der Waals surface area (Å²) in [6, 6.07) is 3.63. The molecule has 1 fully saturated rings. The van der Waals surface area contributed by atoms with Crippen LogP contribution in [0.4, 0.5) is 0 Å². The first-order valence-corrected chi connectivity index (χ1v) is 7.13. The summed E-state index contributed by atoms with van der Waals surface area (Å²) >= 11 is 0. The molecule has 0 amide bonds. The maximum absolute atomic E-state index is 9.72. The summed E-state index contributed by atoms with van der Waals surface area (Å²) in [7, 11) is 0. The molecule has 4 nitrogen and oxygen atoms in total. The van der Waals surface area contributed by atoms with Gasteiger partial charge in [0.15, 0.2) is 11.5 Å². The average molecular weight is 263 g/mol. The predicted molar refractivity (Wildman–Crippen MR) is 72.9 cm³/mol. The molecule has 4 heteroatoms. The Labute approximate surface area is 113 Å². The van der Waals surface area contributed by atoms with Crippen LogP contribution in [-0.4, -0.2) is 40.9 Å². The lowest BCUT2D eigenvalue weighted by molar-refractivity contribution is 0.0656. The lowest BCUT2D eigenvalue weighted by Crippen LogP contribution is -2.49. The minimum Gasteiger partial charge on any atom is -0.504 e. The van der Waals surface area contributed by atoms with Gasteiger partial charge in [-0.2, -0.15) is 0 Å². The Balaban J connectivity index is 1.93. The van der Waals surface area contributed by atoms with E-state index in [0.717, 1.165) is 37.2 Å². The van der Waals surface area contributed by atoms with Crippen molar-refractivity contribution < 1.29 is 14.9 Å². The fraction of sp³-hybridized carbons (Fsp3) is 0.600. The van der Waals surface area contributed by atoms with Crippen LogP contribution in [0.3, 0.4) is 0 Å². The molecule has 0 aliphatic carbocycles. The molecule has 2 aliphatic heterocycles. The first kappa shape index (κ1) is 12.6. The van der Waals surface area contributed by atoms with Crippen molar-refractivity contribution >= 4 is 0 Å². The summed E-state index contributed by atoms with van der Waals surface area (Å²) in [5, 5.41) is 19.3. The third-order valence-corrected chi connectivity index (χ3v) is 4.32. The zero-order chi connectivity index (χ0) is 13.4. The van der Waals surface area contributed by atoms with Gasteiger partial charge >= 0.3 is 0 Å². The Morgan fingerprint density at radius 3 is 2.89 bits per heavy atom. The van der Waals surface area contributed by atoms with Crippen LogP contribution >= 0.6 is 0 Å². The van der Waals surface area contributed by atoms with E-state index >= 15 is 0 Å². The number of nitrogens with zero attached hydrogens (tertiary/aromatic N) is 1. The van der Waals surface area contributed by atoms with Crippen LogP contribution in [0, 0.1) is 0 Å². The summed E-state index contributed by atoms with van der Waals surface area (Å²) < 4.78 is 5.79. The van der Waals surface area contributed by atoms with Crippen molar-refractivity contribution in [2.45, 2.75) is 38.1 Å². The highest BCUT2D eigenvalue weighted by Crippen LogP contribution is 2.45. The second kappa shape index (κ2) is 4.93. The van der Waals surface area contributed by atoms with Gasteiger partial charge in [-0.05, 0) is 38.4 Å². The van der Waals surface area contributed by atoms with Crippen LogP contribution in [0.2, 0.25) is 0 Å². The largest absolute Gasteiger partial charge is 0.504 e. The number of piperidine rings is 1. The van der Waals surface area contributed by atoms with Crippen molar-refractivity contribution in [3.63, 3.8) is 0 Å². The molecule has 2 aliphatic rings. The van der Waals surface area contributed by atoms with E-state index in [2.05, 4.69) is 11.8 Å². The number of fused-ring (bicyclic) bond motifs is 3. The molecule has 0 saturated carbocycles. The molecule has 0 spiro atoms. The molecule has 19 heavy (non-hydrogen) atoms. The Morgan fingerprint density at radius 1 is 1.32 bits per heavy atom. The zero-order valence-electron chi connectivity index (χ0n) is 11.3. The van der Waals surface area contributed by atoms with Crippen molar-refractivity contribution in [1.82, 2.24) is 4.90 Å². The van der Waals surface area contributed by atoms with E-state index in [4.69, 9.17) is 4.74 Å². The van der Waals surface area contributed by atoms with E-state index < -0.39 is 0 Å². The van der Waals surface area contributed by atoms with Gasteiger partial charge in [-0.25, -0.2) is 0 Å². The van der Waals surface area contributed by atoms with E-state index in [1.54, 1.807) is 12.1 Å². The van der Waals surface area contributed by atoms with Crippen molar-refractivity contribution in [2.75, 3.05) is 19.7 Å². The predicted octanol–water partition coefficient (Wildman–Crippen LogP) is 2.45. The van der Waals surface area contributed by atoms with E-state index in [0.29, 0.717) is 18.6 Å². The molecular weight excluding hydrogens is 242 g/mol. The minimum atomic E-state index is -0.0987. The van der Waals surface area contributed by atoms with Crippen LogP contribution in [0.5, 0.6) is 17.2 Å². The van der Waals surface area contributed by atoms with Crippen LogP contribution < -0.4 is 4.74 Å². The minimum absolute atomic E-state index is 0.0457. The van der Waals surface area contributed by atoms with Crippen molar-refractivity contribution in [3.05, 3.63) is 17.7 Å². The van der Waals surface area contributed by atoms with Crippen LogP contribution in [0.1, 0.15) is 37.7 Å². The smallest absolute Gasteiger partial charge is 0.161 e. The van der Waals surface area contributed by atoms with E-state index in [-0.39, 0.29) is 11.5 Å². The summed E-state index contributed by atoms with van der Waals surface area (Å²) in [5.74, 6) is 1.000. The molecule has 1 aromatic carbocycles. The Kier molecular flexibility index (Phi) is 3.27. The van der Waals surface area contributed by atoms with Gasteiger partial charge in [0.1, 0.15) is 12.4 Å². The Hall–Kier alpha value is -1.42. The van der Waals surface area contributed by atoms with E-state index in [1.165, 1.54) is 6.42 Å².